The van der Waals surface area contributed by atoms with Crippen LogP contribution in [0.2, 0.25) is 0 Å². The molecule has 4 heteroatoms. The second-order valence-corrected chi connectivity index (χ2v) is 2.78. The highest BCUT2D eigenvalue weighted by atomic mass is 16.5. The van der Waals surface area contributed by atoms with E-state index in [0.29, 0.717) is 5.56 Å². The van der Waals surface area contributed by atoms with Crippen molar-refractivity contribution in [3.63, 3.8) is 0 Å². The number of nitriles is 1. The number of rotatable bonds is 3. The van der Waals surface area contributed by atoms with Crippen molar-refractivity contribution < 1.29 is 9.53 Å². The van der Waals surface area contributed by atoms with Crippen LogP contribution in [0.3, 0.4) is 0 Å². The fraction of sp³-hybridized carbons (Fsp3) is 0.182. The molecule has 0 atom stereocenters. The van der Waals surface area contributed by atoms with E-state index in [1.807, 2.05) is 6.07 Å². The van der Waals surface area contributed by atoms with Crippen molar-refractivity contribution in [2.45, 2.75) is 0 Å². The Bertz CT molecular complexity index is 402. The van der Waals surface area contributed by atoms with Crippen molar-refractivity contribution >= 4 is 12.2 Å². The van der Waals surface area contributed by atoms with Gasteiger partial charge >= 0.3 is 5.97 Å². The summed E-state index contributed by atoms with van der Waals surface area (Å²) < 4.78 is 4.43. The maximum atomic E-state index is 10.7. The molecule has 0 aliphatic heterocycles. The Balaban J connectivity index is 2.58. The van der Waals surface area contributed by atoms with Crippen LogP contribution in [0.1, 0.15) is 11.1 Å². The average Bonchev–Trinajstić information content (AvgIpc) is 2.29. The van der Waals surface area contributed by atoms with E-state index in [0.717, 1.165) is 5.56 Å². The Kier molecular flexibility index (Phi) is 4.05. The highest BCUT2D eigenvalue weighted by Crippen LogP contribution is 2.00. The molecule has 1 rings (SSSR count). The minimum absolute atomic E-state index is 0.0104. The van der Waals surface area contributed by atoms with E-state index in [1.54, 1.807) is 30.5 Å². The number of benzene rings is 1. The normalized spacial score (nSPS) is 9.87. The number of aliphatic imine (C=N–C) groups is 1. The topological polar surface area (TPSA) is 62.4 Å². The van der Waals surface area contributed by atoms with Gasteiger partial charge in [0.15, 0.2) is 0 Å². The molecule has 0 bridgehead atoms. The number of hydrogen-bond acceptors (Lipinski definition) is 4. The van der Waals surface area contributed by atoms with Crippen LogP contribution in [0.4, 0.5) is 0 Å². The van der Waals surface area contributed by atoms with Gasteiger partial charge in [0.25, 0.3) is 0 Å². The standard InChI is InChI=1S/C11H10N2O2/c1-15-11(14)8-13-7-10-4-2-9(6-12)3-5-10/h2-5,7H,8H2,1H3. The lowest BCUT2D eigenvalue weighted by Gasteiger charge is -1.94. The maximum Gasteiger partial charge on any atom is 0.327 e. The molecule has 0 spiro atoms. The SMILES string of the molecule is COC(=O)CN=Cc1ccc(C#N)cc1. The number of hydrogen-bond donors (Lipinski definition) is 0. The molecule has 4 nitrogen and oxygen atoms in total. The summed E-state index contributed by atoms with van der Waals surface area (Å²) in [6.07, 6.45) is 1.57. The lowest BCUT2D eigenvalue weighted by atomic mass is 10.2. The quantitative estimate of drug-likeness (QED) is 0.545. The molecule has 1 aromatic rings. The molecule has 1 aromatic carbocycles. The van der Waals surface area contributed by atoms with Gasteiger partial charge in [-0.3, -0.25) is 9.79 Å². The Morgan fingerprint density at radius 3 is 2.73 bits per heavy atom. The van der Waals surface area contributed by atoms with Crippen LogP contribution >= 0.6 is 0 Å². The van der Waals surface area contributed by atoms with E-state index >= 15 is 0 Å². The average molecular weight is 202 g/mol. The van der Waals surface area contributed by atoms with E-state index in [2.05, 4.69) is 9.73 Å². The van der Waals surface area contributed by atoms with Gasteiger partial charge in [0, 0.05) is 6.21 Å². The van der Waals surface area contributed by atoms with Crippen LogP contribution < -0.4 is 0 Å². The summed E-state index contributed by atoms with van der Waals surface area (Å²) in [5.74, 6) is -0.375. The lowest BCUT2D eigenvalue weighted by molar-refractivity contribution is -0.138. The molecular weight excluding hydrogens is 192 g/mol. The molecule has 0 aliphatic carbocycles. The molecule has 0 radical (unpaired) electrons. The molecule has 0 aromatic heterocycles. The van der Waals surface area contributed by atoms with Crippen LogP contribution in [0.15, 0.2) is 29.3 Å². The predicted octanol–water partition coefficient (Wildman–Crippen LogP) is 1.15. The molecule has 0 unspecified atom stereocenters. The van der Waals surface area contributed by atoms with Crippen LogP contribution in [0.25, 0.3) is 0 Å². The second-order valence-electron chi connectivity index (χ2n) is 2.78. The van der Waals surface area contributed by atoms with Crippen molar-refractivity contribution in [3.05, 3.63) is 35.4 Å². The van der Waals surface area contributed by atoms with Crippen molar-refractivity contribution in [2.24, 2.45) is 4.99 Å². The zero-order valence-corrected chi connectivity index (χ0v) is 8.30. The first kappa shape index (κ1) is 10.9. The first-order valence-corrected chi connectivity index (χ1v) is 4.33. The number of carbonyl (C=O) groups is 1. The third-order valence-electron chi connectivity index (χ3n) is 1.73. The predicted molar refractivity (Wildman–Crippen MR) is 55.6 cm³/mol. The van der Waals surface area contributed by atoms with Crippen LogP contribution in [0, 0.1) is 11.3 Å². The zero-order valence-electron chi connectivity index (χ0n) is 8.30. The molecule has 0 N–H and O–H groups in total. The van der Waals surface area contributed by atoms with Gasteiger partial charge in [-0.25, -0.2) is 0 Å². The molecule has 15 heavy (non-hydrogen) atoms. The third-order valence-corrected chi connectivity index (χ3v) is 1.73. The first-order valence-electron chi connectivity index (χ1n) is 4.33. The number of nitrogens with zero attached hydrogens (tertiary/aromatic N) is 2. The van der Waals surface area contributed by atoms with E-state index in [9.17, 15) is 4.79 Å². The van der Waals surface area contributed by atoms with Crippen LogP contribution in [-0.4, -0.2) is 25.8 Å². The van der Waals surface area contributed by atoms with Gasteiger partial charge in [0.1, 0.15) is 6.54 Å². The van der Waals surface area contributed by atoms with E-state index in [4.69, 9.17) is 5.26 Å². The smallest absolute Gasteiger partial charge is 0.327 e. The molecule has 76 valence electrons. The molecule has 0 heterocycles. The molecule has 0 saturated carbocycles. The van der Waals surface area contributed by atoms with Crippen molar-refractivity contribution in [1.82, 2.24) is 0 Å². The monoisotopic (exact) mass is 202 g/mol. The van der Waals surface area contributed by atoms with Crippen LogP contribution in [-0.2, 0) is 9.53 Å². The summed E-state index contributed by atoms with van der Waals surface area (Å²) in [6, 6.07) is 8.93. The highest BCUT2D eigenvalue weighted by Gasteiger charge is 1.95. The molecular formula is C11H10N2O2. The number of carbonyl (C=O) groups excluding carboxylic acids is 1. The first-order chi connectivity index (χ1) is 7.26. The van der Waals surface area contributed by atoms with Gasteiger partial charge in [-0.05, 0) is 17.7 Å². The Hall–Kier alpha value is -2.15. The Morgan fingerprint density at radius 2 is 2.20 bits per heavy atom. The fourth-order valence-electron chi connectivity index (χ4n) is 0.934. The molecule has 0 fully saturated rings. The summed E-state index contributed by atoms with van der Waals surface area (Å²) in [5.41, 5.74) is 1.44. The summed E-state index contributed by atoms with van der Waals surface area (Å²) in [5, 5.41) is 8.56. The summed E-state index contributed by atoms with van der Waals surface area (Å²) >= 11 is 0. The molecule has 0 aliphatic rings. The Labute approximate surface area is 87.8 Å². The van der Waals surface area contributed by atoms with Gasteiger partial charge in [-0.2, -0.15) is 5.26 Å². The van der Waals surface area contributed by atoms with E-state index in [1.165, 1.54) is 7.11 Å². The fourth-order valence-corrected chi connectivity index (χ4v) is 0.934. The van der Waals surface area contributed by atoms with Gasteiger partial charge < -0.3 is 4.74 Å². The van der Waals surface area contributed by atoms with Gasteiger partial charge in [0.05, 0.1) is 18.7 Å². The zero-order chi connectivity index (χ0) is 11.1. The van der Waals surface area contributed by atoms with Crippen molar-refractivity contribution in [1.29, 1.82) is 5.26 Å². The van der Waals surface area contributed by atoms with Gasteiger partial charge in [0.2, 0.25) is 0 Å². The number of esters is 1. The maximum absolute atomic E-state index is 10.7. The molecule has 0 saturated heterocycles. The van der Waals surface area contributed by atoms with Gasteiger partial charge in [-0.15, -0.1) is 0 Å². The summed E-state index contributed by atoms with van der Waals surface area (Å²) in [7, 11) is 1.32. The minimum Gasteiger partial charge on any atom is -0.468 e. The lowest BCUT2D eigenvalue weighted by Crippen LogP contribution is -2.04. The molecule has 0 amide bonds. The second kappa shape index (κ2) is 5.55. The van der Waals surface area contributed by atoms with E-state index < -0.39 is 0 Å². The highest BCUT2D eigenvalue weighted by molar-refractivity contribution is 5.82. The summed E-state index contributed by atoms with van der Waals surface area (Å²) in [4.78, 5) is 14.6. The minimum atomic E-state index is -0.375. The third kappa shape index (κ3) is 3.61. The largest absolute Gasteiger partial charge is 0.468 e. The van der Waals surface area contributed by atoms with Gasteiger partial charge in [-0.1, -0.05) is 12.1 Å². The van der Waals surface area contributed by atoms with Crippen molar-refractivity contribution in [3.8, 4) is 6.07 Å². The van der Waals surface area contributed by atoms with Crippen LogP contribution in [0.5, 0.6) is 0 Å². The number of ether oxygens (including phenoxy) is 1. The summed E-state index contributed by atoms with van der Waals surface area (Å²) in [6.45, 7) is 0.0104. The van der Waals surface area contributed by atoms with E-state index in [-0.39, 0.29) is 12.5 Å². The Morgan fingerprint density at radius 1 is 1.53 bits per heavy atom. The van der Waals surface area contributed by atoms with Crippen molar-refractivity contribution in [2.75, 3.05) is 13.7 Å². The number of methoxy groups -OCH3 is 1.